The van der Waals surface area contributed by atoms with Crippen LogP contribution in [0.1, 0.15) is 19.8 Å². The molecule has 29 heavy (non-hydrogen) atoms. The van der Waals surface area contributed by atoms with E-state index in [4.69, 9.17) is 4.74 Å². The van der Waals surface area contributed by atoms with Gasteiger partial charge in [-0.1, -0.05) is 36.4 Å². The molecule has 2 aromatic carbocycles. The summed E-state index contributed by atoms with van der Waals surface area (Å²) in [5.74, 6) is 1.03. The molecule has 0 bridgehead atoms. The zero-order chi connectivity index (χ0) is 20.5. The number of piperidine rings is 1. The number of carbonyl (C=O) groups excluding carboxylic acids is 2. The predicted octanol–water partition coefficient (Wildman–Crippen LogP) is 2.92. The standard InChI is InChI=1S/C23H29N3O3/c1-18(23(28)25-20-8-4-2-5-9-20)26-14-12-19(13-15-26)16-24-22(27)17-29-21-10-6-3-7-11-21/h2-11,18-19H,12-17H2,1H3,(H,24,27)(H,25,28). The highest BCUT2D eigenvalue weighted by Gasteiger charge is 2.26. The van der Waals surface area contributed by atoms with Crippen molar-refractivity contribution in [2.75, 3.05) is 31.6 Å². The first kappa shape index (κ1) is 20.9. The number of para-hydroxylation sites is 2. The second-order valence-corrected chi connectivity index (χ2v) is 7.42. The molecule has 154 valence electrons. The lowest BCUT2D eigenvalue weighted by molar-refractivity contribution is -0.123. The summed E-state index contributed by atoms with van der Waals surface area (Å²) in [5.41, 5.74) is 0.819. The lowest BCUT2D eigenvalue weighted by Crippen LogP contribution is -2.47. The first-order valence-corrected chi connectivity index (χ1v) is 10.2. The van der Waals surface area contributed by atoms with E-state index < -0.39 is 0 Å². The molecule has 1 aliphatic rings. The quantitative estimate of drug-likeness (QED) is 0.721. The van der Waals surface area contributed by atoms with Crippen molar-refractivity contribution in [3.8, 4) is 5.75 Å². The Morgan fingerprint density at radius 1 is 1.03 bits per heavy atom. The number of rotatable bonds is 8. The molecule has 0 aliphatic carbocycles. The molecule has 1 saturated heterocycles. The van der Waals surface area contributed by atoms with Crippen LogP contribution in [0.25, 0.3) is 0 Å². The summed E-state index contributed by atoms with van der Waals surface area (Å²) in [6.07, 6.45) is 1.92. The number of amides is 2. The summed E-state index contributed by atoms with van der Waals surface area (Å²) in [5, 5.41) is 5.93. The van der Waals surface area contributed by atoms with E-state index in [0.717, 1.165) is 31.6 Å². The molecular formula is C23H29N3O3. The fraction of sp³-hybridized carbons (Fsp3) is 0.391. The number of ether oxygens (including phenoxy) is 1. The van der Waals surface area contributed by atoms with E-state index in [9.17, 15) is 9.59 Å². The molecule has 0 saturated carbocycles. The molecule has 0 radical (unpaired) electrons. The number of benzene rings is 2. The van der Waals surface area contributed by atoms with Gasteiger partial charge in [0, 0.05) is 12.2 Å². The highest BCUT2D eigenvalue weighted by Crippen LogP contribution is 2.19. The Morgan fingerprint density at radius 2 is 1.66 bits per heavy atom. The third-order valence-electron chi connectivity index (χ3n) is 5.32. The number of carbonyl (C=O) groups is 2. The molecule has 2 aromatic rings. The minimum atomic E-state index is -0.176. The second-order valence-electron chi connectivity index (χ2n) is 7.42. The van der Waals surface area contributed by atoms with Crippen LogP contribution in [0.4, 0.5) is 5.69 Å². The van der Waals surface area contributed by atoms with Crippen LogP contribution in [0, 0.1) is 5.92 Å². The van der Waals surface area contributed by atoms with Crippen LogP contribution in [0.5, 0.6) is 5.75 Å². The van der Waals surface area contributed by atoms with Gasteiger partial charge in [0.15, 0.2) is 6.61 Å². The van der Waals surface area contributed by atoms with Crippen LogP contribution >= 0.6 is 0 Å². The lowest BCUT2D eigenvalue weighted by Gasteiger charge is -2.35. The van der Waals surface area contributed by atoms with Crippen LogP contribution in [0.2, 0.25) is 0 Å². The zero-order valence-electron chi connectivity index (χ0n) is 16.8. The molecule has 3 rings (SSSR count). The van der Waals surface area contributed by atoms with Crippen molar-refractivity contribution >= 4 is 17.5 Å². The Kier molecular flexibility index (Phi) is 7.64. The van der Waals surface area contributed by atoms with Crippen molar-refractivity contribution in [2.45, 2.75) is 25.8 Å². The third-order valence-corrected chi connectivity index (χ3v) is 5.32. The van der Waals surface area contributed by atoms with Crippen LogP contribution in [-0.2, 0) is 9.59 Å². The minimum Gasteiger partial charge on any atom is -0.484 e. The summed E-state index contributed by atoms with van der Waals surface area (Å²) >= 11 is 0. The van der Waals surface area contributed by atoms with Gasteiger partial charge in [-0.2, -0.15) is 0 Å². The molecule has 6 heteroatoms. The first-order valence-electron chi connectivity index (χ1n) is 10.2. The van der Waals surface area contributed by atoms with Crippen molar-refractivity contribution < 1.29 is 14.3 Å². The molecule has 2 amide bonds. The molecule has 1 aliphatic heterocycles. The van der Waals surface area contributed by atoms with Crippen molar-refractivity contribution in [1.29, 1.82) is 0 Å². The van der Waals surface area contributed by atoms with E-state index in [1.54, 1.807) is 0 Å². The molecule has 1 unspecified atom stereocenters. The third kappa shape index (κ3) is 6.61. The normalized spacial score (nSPS) is 16.0. The van der Waals surface area contributed by atoms with Gasteiger partial charge in [0.05, 0.1) is 6.04 Å². The molecule has 0 aromatic heterocycles. The average Bonchev–Trinajstić information content (AvgIpc) is 2.77. The van der Waals surface area contributed by atoms with E-state index in [0.29, 0.717) is 18.2 Å². The molecule has 6 nitrogen and oxygen atoms in total. The van der Waals surface area contributed by atoms with Crippen molar-refractivity contribution in [3.63, 3.8) is 0 Å². The molecule has 1 atom stereocenters. The largest absolute Gasteiger partial charge is 0.484 e. The average molecular weight is 396 g/mol. The summed E-state index contributed by atoms with van der Waals surface area (Å²) < 4.78 is 5.47. The van der Waals surface area contributed by atoms with E-state index >= 15 is 0 Å². The Balaban J connectivity index is 1.34. The second kappa shape index (κ2) is 10.6. The predicted molar refractivity (Wildman–Crippen MR) is 114 cm³/mol. The monoisotopic (exact) mass is 395 g/mol. The summed E-state index contributed by atoms with van der Waals surface area (Å²) in [4.78, 5) is 26.7. The van der Waals surface area contributed by atoms with Crippen LogP contribution in [0.15, 0.2) is 60.7 Å². The molecule has 2 N–H and O–H groups in total. The molecule has 0 spiro atoms. The lowest BCUT2D eigenvalue weighted by atomic mass is 9.95. The van der Waals surface area contributed by atoms with Gasteiger partial charge in [0.25, 0.3) is 5.91 Å². The summed E-state index contributed by atoms with van der Waals surface area (Å²) in [6.45, 7) is 4.32. The number of likely N-dealkylation sites (tertiary alicyclic amines) is 1. The van der Waals surface area contributed by atoms with Gasteiger partial charge in [0.1, 0.15) is 5.75 Å². The van der Waals surface area contributed by atoms with Gasteiger partial charge in [-0.3, -0.25) is 14.5 Å². The van der Waals surface area contributed by atoms with Crippen LogP contribution in [0.3, 0.4) is 0 Å². The maximum Gasteiger partial charge on any atom is 0.257 e. The fourth-order valence-electron chi connectivity index (χ4n) is 3.45. The van der Waals surface area contributed by atoms with Gasteiger partial charge in [-0.15, -0.1) is 0 Å². The fourth-order valence-corrected chi connectivity index (χ4v) is 3.45. The number of anilines is 1. The Bertz CT molecular complexity index is 774. The van der Waals surface area contributed by atoms with Gasteiger partial charge >= 0.3 is 0 Å². The van der Waals surface area contributed by atoms with E-state index in [2.05, 4.69) is 15.5 Å². The Labute approximate surface area is 172 Å². The molecule has 1 fully saturated rings. The van der Waals surface area contributed by atoms with Crippen LogP contribution in [-0.4, -0.2) is 49.0 Å². The number of hydrogen-bond donors (Lipinski definition) is 2. The first-order chi connectivity index (χ1) is 14.1. The van der Waals surface area contributed by atoms with Crippen molar-refractivity contribution in [1.82, 2.24) is 10.2 Å². The Morgan fingerprint density at radius 3 is 2.31 bits per heavy atom. The van der Waals surface area contributed by atoms with Gasteiger partial charge in [0.2, 0.25) is 5.91 Å². The maximum atomic E-state index is 12.5. The van der Waals surface area contributed by atoms with Gasteiger partial charge in [-0.05, 0) is 63.0 Å². The Hall–Kier alpha value is -2.86. The smallest absolute Gasteiger partial charge is 0.257 e. The van der Waals surface area contributed by atoms with Crippen LogP contribution < -0.4 is 15.4 Å². The van der Waals surface area contributed by atoms with Crippen molar-refractivity contribution in [3.05, 3.63) is 60.7 Å². The topological polar surface area (TPSA) is 70.7 Å². The number of nitrogens with zero attached hydrogens (tertiary/aromatic N) is 1. The SMILES string of the molecule is CC(C(=O)Nc1ccccc1)N1CCC(CNC(=O)COc2ccccc2)CC1. The van der Waals surface area contributed by atoms with E-state index in [-0.39, 0.29) is 24.5 Å². The van der Waals surface area contributed by atoms with Gasteiger partial charge < -0.3 is 15.4 Å². The summed E-state index contributed by atoms with van der Waals surface area (Å²) in [7, 11) is 0. The molecular weight excluding hydrogens is 366 g/mol. The number of hydrogen-bond acceptors (Lipinski definition) is 4. The zero-order valence-corrected chi connectivity index (χ0v) is 16.8. The van der Waals surface area contributed by atoms with Gasteiger partial charge in [-0.25, -0.2) is 0 Å². The van der Waals surface area contributed by atoms with E-state index in [1.807, 2.05) is 67.6 Å². The highest BCUT2D eigenvalue weighted by atomic mass is 16.5. The number of nitrogens with one attached hydrogen (secondary N) is 2. The van der Waals surface area contributed by atoms with Crippen molar-refractivity contribution in [2.24, 2.45) is 5.92 Å². The summed E-state index contributed by atoms with van der Waals surface area (Å²) in [6, 6.07) is 18.7. The van der Waals surface area contributed by atoms with E-state index in [1.165, 1.54) is 0 Å². The molecule has 1 heterocycles. The highest BCUT2D eigenvalue weighted by molar-refractivity contribution is 5.94. The maximum absolute atomic E-state index is 12.5. The minimum absolute atomic E-state index is 0.0148.